The molecule has 0 aromatic heterocycles. The Bertz CT molecular complexity index is 587. The van der Waals surface area contributed by atoms with E-state index in [1.54, 1.807) is 0 Å². The molecule has 0 bridgehead atoms. The van der Waals surface area contributed by atoms with Gasteiger partial charge < -0.3 is 4.90 Å². The summed E-state index contributed by atoms with van der Waals surface area (Å²) in [6, 6.07) is 5.84. The molecule has 0 radical (unpaired) electrons. The fraction of sp³-hybridized carbons (Fsp3) is 0.526. The molecule has 1 aliphatic heterocycles. The highest BCUT2D eigenvalue weighted by Gasteiger charge is 2.36. The maximum atomic E-state index is 12.4. The second kappa shape index (κ2) is 6.45. The van der Waals surface area contributed by atoms with Crippen LogP contribution in [-0.4, -0.2) is 18.9 Å². The van der Waals surface area contributed by atoms with Crippen LogP contribution in [0.15, 0.2) is 30.4 Å². The summed E-state index contributed by atoms with van der Waals surface area (Å²) in [6.07, 6.45) is 11.5. The minimum atomic E-state index is 0.134. The summed E-state index contributed by atoms with van der Waals surface area (Å²) in [4.78, 5) is 14.7. The average Bonchev–Trinajstić information content (AvgIpc) is 2.87. The summed E-state index contributed by atoms with van der Waals surface area (Å²) < 4.78 is 0. The molecular formula is C19H24ClNO. The first kappa shape index (κ1) is 15.6. The van der Waals surface area contributed by atoms with E-state index in [2.05, 4.69) is 23.1 Å². The van der Waals surface area contributed by atoms with Crippen LogP contribution in [0.1, 0.15) is 55.8 Å². The first-order valence-electron chi connectivity index (χ1n) is 8.37. The molecule has 1 saturated carbocycles. The predicted octanol–water partition coefficient (Wildman–Crippen LogP) is 5.26. The number of nitrogens with zero attached hydrogens (tertiary/aromatic N) is 1. The van der Waals surface area contributed by atoms with E-state index in [9.17, 15) is 4.79 Å². The van der Waals surface area contributed by atoms with Crippen molar-refractivity contribution in [3.8, 4) is 0 Å². The van der Waals surface area contributed by atoms with E-state index in [1.807, 2.05) is 19.1 Å². The second-order valence-electron chi connectivity index (χ2n) is 6.67. The number of ketones is 1. The number of allylic oxidation sites excluding steroid dienone is 1. The van der Waals surface area contributed by atoms with Crippen molar-refractivity contribution in [2.75, 3.05) is 18.0 Å². The monoisotopic (exact) mass is 317 g/mol. The molecule has 3 rings (SSSR count). The van der Waals surface area contributed by atoms with Gasteiger partial charge in [-0.2, -0.15) is 0 Å². The van der Waals surface area contributed by atoms with Crippen molar-refractivity contribution in [2.45, 2.75) is 45.4 Å². The van der Waals surface area contributed by atoms with Crippen LogP contribution in [-0.2, 0) is 0 Å². The maximum Gasteiger partial charge on any atom is 0.166 e. The van der Waals surface area contributed by atoms with Crippen molar-refractivity contribution in [2.24, 2.45) is 5.41 Å². The third kappa shape index (κ3) is 2.94. The lowest BCUT2D eigenvalue weighted by molar-refractivity contribution is 0.0988. The van der Waals surface area contributed by atoms with Crippen molar-refractivity contribution >= 4 is 23.1 Å². The highest BCUT2D eigenvalue weighted by molar-refractivity contribution is 6.34. The van der Waals surface area contributed by atoms with Gasteiger partial charge in [0.25, 0.3) is 0 Å². The molecule has 1 aromatic carbocycles. The lowest BCUT2D eigenvalue weighted by Crippen LogP contribution is -2.35. The minimum absolute atomic E-state index is 0.134. The Hall–Kier alpha value is -1.28. The van der Waals surface area contributed by atoms with Gasteiger partial charge in [0.1, 0.15) is 0 Å². The average molecular weight is 318 g/mol. The van der Waals surface area contributed by atoms with E-state index < -0.39 is 0 Å². The van der Waals surface area contributed by atoms with E-state index in [1.165, 1.54) is 32.1 Å². The van der Waals surface area contributed by atoms with Crippen LogP contribution < -0.4 is 4.90 Å². The van der Waals surface area contributed by atoms with E-state index in [4.69, 9.17) is 11.6 Å². The number of rotatable bonds is 3. The van der Waals surface area contributed by atoms with E-state index in [-0.39, 0.29) is 5.78 Å². The molecule has 3 heteroatoms. The molecule has 2 nitrogen and oxygen atoms in total. The molecule has 1 aromatic rings. The second-order valence-corrected chi connectivity index (χ2v) is 7.08. The van der Waals surface area contributed by atoms with Crippen LogP contribution in [0.3, 0.4) is 0 Å². The van der Waals surface area contributed by atoms with Crippen LogP contribution in [0.2, 0.25) is 5.02 Å². The van der Waals surface area contributed by atoms with Gasteiger partial charge in [0.2, 0.25) is 0 Å². The van der Waals surface area contributed by atoms with Gasteiger partial charge in [0.05, 0.1) is 10.6 Å². The van der Waals surface area contributed by atoms with Crippen LogP contribution in [0, 0.1) is 5.41 Å². The van der Waals surface area contributed by atoms with E-state index >= 15 is 0 Å². The Morgan fingerprint density at radius 2 is 2.05 bits per heavy atom. The van der Waals surface area contributed by atoms with Crippen molar-refractivity contribution < 1.29 is 4.79 Å². The zero-order valence-electron chi connectivity index (χ0n) is 13.3. The summed E-state index contributed by atoms with van der Waals surface area (Å²) in [5, 5.41) is 0.582. The molecule has 22 heavy (non-hydrogen) atoms. The fourth-order valence-corrected chi connectivity index (χ4v) is 4.24. The first-order chi connectivity index (χ1) is 10.7. The third-order valence-corrected chi connectivity index (χ3v) is 5.48. The highest BCUT2D eigenvalue weighted by Crippen LogP contribution is 2.44. The molecule has 0 unspecified atom stereocenters. The molecule has 1 spiro atoms. The largest absolute Gasteiger partial charge is 0.367 e. The zero-order chi connectivity index (χ0) is 15.6. The van der Waals surface area contributed by atoms with Crippen LogP contribution in [0.4, 0.5) is 5.69 Å². The van der Waals surface area contributed by atoms with Gasteiger partial charge in [-0.1, -0.05) is 49.6 Å². The van der Waals surface area contributed by atoms with Crippen LogP contribution in [0.25, 0.3) is 0 Å². The Kier molecular flexibility index (Phi) is 4.58. The van der Waals surface area contributed by atoms with E-state index in [0.717, 1.165) is 18.8 Å². The standard InChI is InChI=1S/C19H24ClNO/c1-2-17(22)18-15(20)8-7-9-16(18)21-13-6-5-12-19(14-21)10-3-4-11-19/h5-9H,2-4,10-14H2,1H3. The number of hydrogen-bond acceptors (Lipinski definition) is 2. The van der Waals surface area contributed by atoms with Crippen molar-refractivity contribution in [3.05, 3.63) is 40.9 Å². The predicted molar refractivity (Wildman–Crippen MR) is 92.9 cm³/mol. The highest BCUT2D eigenvalue weighted by atomic mass is 35.5. The van der Waals surface area contributed by atoms with Gasteiger partial charge in [0, 0.05) is 25.2 Å². The quantitative estimate of drug-likeness (QED) is 0.560. The number of carbonyl (C=O) groups is 1. The van der Waals surface area contributed by atoms with Gasteiger partial charge >= 0.3 is 0 Å². The number of benzene rings is 1. The number of halogens is 1. The molecule has 118 valence electrons. The van der Waals surface area contributed by atoms with Gasteiger partial charge in [-0.25, -0.2) is 0 Å². The zero-order valence-corrected chi connectivity index (χ0v) is 14.0. The van der Waals surface area contributed by atoms with Gasteiger partial charge in [-0.15, -0.1) is 0 Å². The Morgan fingerprint density at radius 3 is 2.77 bits per heavy atom. The van der Waals surface area contributed by atoms with Gasteiger partial charge in [-0.05, 0) is 36.8 Å². The topological polar surface area (TPSA) is 20.3 Å². The summed E-state index contributed by atoms with van der Waals surface area (Å²) in [5.41, 5.74) is 2.11. The smallest absolute Gasteiger partial charge is 0.166 e. The molecule has 2 aliphatic rings. The molecule has 0 N–H and O–H groups in total. The van der Waals surface area contributed by atoms with Gasteiger partial charge in [-0.3, -0.25) is 4.79 Å². The molecule has 1 aliphatic carbocycles. The molecule has 1 fully saturated rings. The summed E-state index contributed by atoms with van der Waals surface area (Å²) in [5.74, 6) is 0.134. The molecule has 1 heterocycles. The van der Waals surface area contributed by atoms with Gasteiger partial charge in [0.15, 0.2) is 5.78 Å². The van der Waals surface area contributed by atoms with Crippen LogP contribution >= 0.6 is 11.6 Å². The molecule has 0 saturated heterocycles. The number of anilines is 1. The fourth-order valence-electron chi connectivity index (χ4n) is 3.97. The number of Topliss-reactive ketones (excluding diaryl/α,β-unsaturated/α-hetero) is 1. The number of hydrogen-bond donors (Lipinski definition) is 0. The maximum absolute atomic E-state index is 12.4. The number of carbonyl (C=O) groups excluding carboxylic acids is 1. The SMILES string of the molecule is CCC(=O)c1c(Cl)cccc1N1CC=CCC2(CCCC2)C1. The molecule has 0 atom stereocenters. The molecule has 0 amide bonds. The normalized spacial score (nSPS) is 20.4. The molecular weight excluding hydrogens is 294 g/mol. The Morgan fingerprint density at radius 1 is 1.27 bits per heavy atom. The Labute approximate surface area is 138 Å². The Balaban J connectivity index is 1.97. The summed E-state index contributed by atoms with van der Waals surface area (Å²) in [6.45, 7) is 3.80. The van der Waals surface area contributed by atoms with E-state index in [0.29, 0.717) is 22.4 Å². The first-order valence-corrected chi connectivity index (χ1v) is 8.75. The van der Waals surface area contributed by atoms with Crippen molar-refractivity contribution in [1.29, 1.82) is 0 Å². The summed E-state index contributed by atoms with van der Waals surface area (Å²) >= 11 is 6.35. The summed E-state index contributed by atoms with van der Waals surface area (Å²) in [7, 11) is 0. The lowest BCUT2D eigenvalue weighted by atomic mass is 9.82. The lowest BCUT2D eigenvalue weighted by Gasteiger charge is -2.35. The third-order valence-electron chi connectivity index (χ3n) is 5.17. The van der Waals surface area contributed by atoms with Crippen molar-refractivity contribution in [1.82, 2.24) is 0 Å². The van der Waals surface area contributed by atoms with Crippen molar-refractivity contribution in [3.63, 3.8) is 0 Å². The minimum Gasteiger partial charge on any atom is -0.367 e. The van der Waals surface area contributed by atoms with Crippen LogP contribution in [0.5, 0.6) is 0 Å².